The molecule has 8 heteroatoms. The van der Waals surface area contributed by atoms with Crippen LogP contribution in [-0.4, -0.2) is 37.6 Å². The number of ether oxygens (including phenoxy) is 1. The predicted molar refractivity (Wildman–Crippen MR) is 126 cm³/mol. The fourth-order valence-corrected chi connectivity index (χ4v) is 5.66. The van der Waals surface area contributed by atoms with Crippen LogP contribution in [0.25, 0.3) is 0 Å². The lowest BCUT2D eigenvalue weighted by atomic mass is 9.75. The molecule has 2 aromatic carbocycles. The van der Waals surface area contributed by atoms with E-state index in [-0.39, 0.29) is 17.6 Å². The maximum Gasteiger partial charge on any atom is 0.229 e. The molecule has 0 aliphatic rings. The van der Waals surface area contributed by atoms with Crippen LogP contribution in [0, 0.1) is 5.41 Å². The highest BCUT2D eigenvalue weighted by Gasteiger charge is 2.39. The van der Waals surface area contributed by atoms with Crippen molar-refractivity contribution in [3.63, 3.8) is 0 Å². The van der Waals surface area contributed by atoms with Crippen LogP contribution in [-0.2, 0) is 20.3 Å². The molecule has 2 rings (SSSR count). The molecule has 160 valence electrons. The molecule has 5 nitrogen and oxygen atoms in total. The van der Waals surface area contributed by atoms with E-state index in [0.717, 1.165) is 16.5 Å². The number of halogens is 1. The largest absolute Gasteiger partial charge is 0.487 e. The molecule has 0 saturated carbocycles. The molecule has 30 heavy (non-hydrogen) atoms. The summed E-state index contributed by atoms with van der Waals surface area (Å²) in [5.74, 6) is 0.737. The van der Waals surface area contributed by atoms with Gasteiger partial charge in [-0.25, -0.2) is 0 Å². The minimum atomic E-state index is -0.316. The summed E-state index contributed by atoms with van der Waals surface area (Å²) in [6.45, 7) is 8.73. The first-order valence-electron chi connectivity index (χ1n) is 9.69. The predicted octanol–water partition coefficient (Wildman–Crippen LogP) is 5.03. The van der Waals surface area contributed by atoms with E-state index in [1.165, 1.54) is 0 Å². The number of carbonyl (C=O) groups excluding carboxylic acids is 1. The van der Waals surface area contributed by atoms with Gasteiger partial charge in [-0.05, 0) is 36.4 Å². The van der Waals surface area contributed by atoms with Crippen LogP contribution in [0.5, 0.6) is 5.75 Å². The van der Waals surface area contributed by atoms with E-state index in [2.05, 4.69) is 35.1 Å². The molecule has 0 aliphatic carbocycles. The van der Waals surface area contributed by atoms with Crippen molar-refractivity contribution < 1.29 is 18.4 Å². The minimum Gasteiger partial charge on any atom is -0.487 e. The first-order chi connectivity index (χ1) is 14.5. The van der Waals surface area contributed by atoms with Crippen molar-refractivity contribution in [2.75, 3.05) is 10.6 Å². The van der Waals surface area contributed by atoms with Gasteiger partial charge in [0, 0.05) is 16.7 Å². The Morgan fingerprint density at radius 3 is 2.33 bits per heavy atom. The maximum absolute atomic E-state index is 11.2. The molecule has 0 unspecified atom stereocenters. The summed E-state index contributed by atoms with van der Waals surface area (Å²) in [6.07, 6.45) is 0.358. The Kier molecular flexibility index (Phi) is 10.3. The molecule has 0 spiro atoms. The van der Waals surface area contributed by atoms with Crippen LogP contribution < -0.4 is 10.1 Å². The normalized spacial score (nSPS) is 12.6. The summed E-state index contributed by atoms with van der Waals surface area (Å²) in [7, 11) is 0.681. The zero-order chi connectivity index (χ0) is 22.0. The van der Waals surface area contributed by atoms with Gasteiger partial charge in [-0.1, -0.05) is 66.2 Å². The van der Waals surface area contributed by atoms with Crippen LogP contribution >= 0.6 is 15.9 Å². The second-order valence-corrected chi connectivity index (χ2v) is 9.23. The van der Waals surface area contributed by atoms with Crippen LogP contribution in [0.4, 0.5) is 5.69 Å². The van der Waals surface area contributed by atoms with Crippen molar-refractivity contribution in [3.8, 4) is 5.75 Å². The average molecular weight is 507 g/mol. The molecule has 1 N–H and O–H groups in total. The summed E-state index contributed by atoms with van der Waals surface area (Å²) in [4.78, 5) is 11.2. The van der Waals surface area contributed by atoms with Gasteiger partial charge in [-0.3, -0.25) is 4.79 Å². The number of rotatable bonds is 13. The monoisotopic (exact) mass is 505 g/mol. The van der Waals surface area contributed by atoms with E-state index in [9.17, 15) is 4.79 Å². The lowest BCUT2D eigenvalue weighted by molar-refractivity contribution is -0.105. The average Bonchev–Trinajstić information content (AvgIpc) is 2.74. The van der Waals surface area contributed by atoms with Crippen molar-refractivity contribution in [2.24, 2.45) is 5.41 Å². The SMILES string of the molecule is C[Si]OC(O[Si]C)C(C)(C)[C@H](CBr)c1ccc(OCc2ccccc2)c(NC=O)c1. The molecule has 0 fully saturated rings. The van der Waals surface area contributed by atoms with Gasteiger partial charge in [0.15, 0.2) is 0 Å². The van der Waals surface area contributed by atoms with Gasteiger partial charge in [0.2, 0.25) is 25.9 Å². The second kappa shape index (κ2) is 12.4. The summed E-state index contributed by atoms with van der Waals surface area (Å²) < 4.78 is 17.8. The number of benzene rings is 2. The minimum absolute atomic E-state index is 0.102. The number of hydrogen-bond donors (Lipinski definition) is 1. The van der Waals surface area contributed by atoms with Gasteiger partial charge in [-0.15, -0.1) is 0 Å². The molecule has 4 radical (unpaired) electrons. The maximum atomic E-state index is 11.2. The topological polar surface area (TPSA) is 56.8 Å². The van der Waals surface area contributed by atoms with Crippen molar-refractivity contribution in [1.82, 2.24) is 0 Å². The lowest BCUT2D eigenvalue weighted by Gasteiger charge is -2.40. The molecule has 1 amide bonds. The number of anilines is 1. The van der Waals surface area contributed by atoms with Crippen LogP contribution in [0.1, 0.15) is 30.9 Å². The Labute approximate surface area is 192 Å². The zero-order valence-corrected chi connectivity index (χ0v) is 21.4. The third-order valence-corrected chi connectivity index (χ3v) is 6.51. The summed E-state index contributed by atoms with van der Waals surface area (Å²) >= 11 is 3.67. The molecule has 0 bridgehead atoms. The van der Waals surface area contributed by atoms with Gasteiger partial charge < -0.3 is 18.9 Å². The Bertz CT molecular complexity index is 786. The van der Waals surface area contributed by atoms with Gasteiger partial charge in [0.05, 0.1) is 5.69 Å². The fourth-order valence-electron chi connectivity index (χ4n) is 3.23. The van der Waals surface area contributed by atoms with E-state index in [1.54, 1.807) is 0 Å². The molecular formula is C22H28BrNO4Si2. The van der Waals surface area contributed by atoms with Crippen molar-refractivity contribution >= 4 is 47.6 Å². The Balaban J connectivity index is 2.30. The van der Waals surface area contributed by atoms with E-state index in [4.69, 9.17) is 13.6 Å². The molecule has 0 aliphatic heterocycles. The van der Waals surface area contributed by atoms with E-state index in [1.807, 2.05) is 61.6 Å². The van der Waals surface area contributed by atoms with Gasteiger partial charge in [-0.2, -0.15) is 0 Å². The Morgan fingerprint density at radius 2 is 1.77 bits per heavy atom. The Morgan fingerprint density at radius 1 is 1.10 bits per heavy atom. The fraction of sp³-hybridized carbons (Fsp3) is 0.409. The van der Waals surface area contributed by atoms with E-state index >= 15 is 0 Å². The number of hydrogen-bond acceptors (Lipinski definition) is 4. The van der Waals surface area contributed by atoms with Crippen molar-refractivity contribution in [3.05, 3.63) is 59.7 Å². The molecule has 1 atom stereocenters. The van der Waals surface area contributed by atoms with Crippen LogP contribution in [0.3, 0.4) is 0 Å². The second-order valence-electron chi connectivity index (χ2n) is 7.30. The smallest absolute Gasteiger partial charge is 0.229 e. The van der Waals surface area contributed by atoms with Crippen LogP contribution in [0.2, 0.25) is 13.1 Å². The first-order valence-corrected chi connectivity index (χ1v) is 13.6. The highest BCUT2D eigenvalue weighted by Crippen LogP contribution is 2.43. The van der Waals surface area contributed by atoms with E-state index < -0.39 is 0 Å². The highest BCUT2D eigenvalue weighted by atomic mass is 79.9. The molecule has 0 aromatic heterocycles. The number of alkyl halides is 1. The lowest BCUT2D eigenvalue weighted by Crippen LogP contribution is -2.41. The molecule has 0 heterocycles. The van der Waals surface area contributed by atoms with Crippen LogP contribution in [0.15, 0.2) is 48.5 Å². The highest BCUT2D eigenvalue weighted by molar-refractivity contribution is 9.09. The van der Waals surface area contributed by atoms with Crippen molar-refractivity contribution in [2.45, 2.75) is 45.8 Å². The molecule has 0 saturated heterocycles. The molecule has 2 aromatic rings. The van der Waals surface area contributed by atoms with Gasteiger partial charge in [0.1, 0.15) is 18.6 Å². The molecular weight excluding hydrogens is 478 g/mol. The third-order valence-electron chi connectivity index (χ3n) is 4.97. The van der Waals surface area contributed by atoms with Crippen molar-refractivity contribution in [1.29, 1.82) is 0 Å². The quantitative estimate of drug-likeness (QED) is 0.179. The summed E-state index contributed by atoms with van der Waals surface area (Å²) in [6, 6.07) is 15.9. The number of carbonyl (C=O) groups is 1. The summed E-state index contributed by atoms with van der Waals surface area (Å²) in [5, 5.41) is 3.51. The third kappa shape index (κ3) is 6.52. The Hall–Kier alpha value is -1.46. The number of amides is 1. The van der Waals surface area contributed by atoms with Gasteiger partial charge in [0.25, 0.3) is 0 Å². The summed E-state index contributed by atoms with van der Waals surface area (Å²) in [5.41, 5.74) is 2.49. The first kappa shape index (κ1) is 24.8. The number of nitrogens with one attached hydrogen (secondary N) is 1. The van der Waals surface area contributed by atoms with E-state index in [0.29, 0.717) is 44.0 Å². The van der Waals surface area contributed by atoms with Gasteiger partial charge >= 0.3 is 0 Å². The standard InChI is InChI=1S/C22H28BrNO4Si2/c1-22(2,21(27-29-3)28-30-4)18(13-23)17-10-11-20(19(12-17)24-15-25)26-14-16-8-6-5-7-9-16/h5-12,15,18,21H,13-14H2,1-4H3,(H,24,25)/t18-/m1/s1. The zero-order valence-electron chi connectivity index (χ0n) is 17.8.